The molecule has 0 aliphatic carbocycles. The summed E-state index contributed by atoms with van der Waals surface area (Å²) in [6, 6.07) is 7.75. The van der Waals surface area contributed by atoms with Gasteiger partial charge in [-0.2, -0.15) is 13.2 Å². The predicted molar refractivity (Wildman–Crippen MR) is 85.8 cm³/mol. The van der Waals surface area contributed by atoms with Crippen LogP contribution < -0.4 is 4.90 Å². The summed E-state index contributed by atoms with van der Waals surface area (Å²) in [6.45, 7) is -0.692. The molecule has 1 heterocycles. The number of anilines is 1. The minimum atomic E-state index is -4.54. The molecule has 0 aliphatic heterocycles. The number of aliphatic hydroxyl groups is 1. The maximum absolute atomic E-state index is 13.1. The fourth-order valence-electron chi connectivity index (χ4n) is 2.21. The van der Waals surface area contributed by atoms with Gasteiger partial charge in [0.25, 0.3) is 0 Å². The van der Waals surface area contributed by atoms with Crippen molar-refractivity contribution in [2.75, 3.05) is 25.5 Å². The number of hydrogen-bond donors (Lipinski definition) is 1. The van der Waals surface area contributed by atoms with Gasteiger partial charge in [-0.3, -0.25) is 10.1 Å². The molecule has 0 fully saturated rings. The molecule has 0 spiro atoms. The van der Waals surface area contributed by atoms with Crippen LogP contribution in [0.2, 0.25) is 0 Å². The van der Waals surface area contributed by atoms with E-state index in [9.17, 15) is 28.4 Å². The number of benzene rings is 1. The third-order valence-electron chi connectivity index (χ3n) is 3.49. The van der Waals surface area contributed by atoms with Crippen molar-refractivity contribution in [3.63, 3.8) is 0 Å². The Morgan fingerprint density at radius 2 is 1.96 bits per heavy atom. The molecule has 1 atom stereocenters. The smallest absolute Gasteiger partial charge is 0.382 e. The summed E-state index contributed by atoms with van der Waals surface area (Å²) in [5, 5.41) is 20.4. The summed E-state index contributed by atoms with van der Waals surface area (Å²) in [6.07, 6.45) is -5.89. The second-order valence-electron chi connectivity index (χ2n) is 5.65. The van der Waals surface area contributed by atoms with Crippen molar-refractivity contribution in [3.05, 3.63) is 57.6 Å². The van der Waals surface area contributed by atoms with Gasteiger partial charge in [0.1, 0.15) is 11.9 Å². The molecule has 134 valence electrons. The zero-order valence-electron chi connectivity index (χ0n) is 13.5. The Kier molecular flexibility index (Phi) is 5.27. The van der Waals surface area contributed by atoms with E-state index in [1.54, 1.807) is 14.1 Å². The molecule has 25 heavy (non-hydrogen) atoms. The van der Waals surface area contributed by atoms with Crippen LogP contribution in [0, 0.1) is 10.1 Å². The summed E-state index contributed by atoms with van der Waals surface area (Å²) in [5.41, 5.74) is -0.222. The summed E-state index contributed by atoms with van der Waals surface area (Å²) >= 11 is 0. The van der Waals surface area contributed by atoms with E-state index in [4.69, 9.17) is 0 Å². The first-order chi connectivity index (χ1) is 11.6. The molecule has 9 heteroatoms. The first-order valence-corrected chi connectivity index (χ1v) is 7.24. The third kappa shape index (κ3) is 4.66. The molecule has 2 rings (SSSR count). The number of aromatic nitrogens is 1. The van der Waals surface area contributed by atoms with E-state index in [0.717, 1.165) is 12.1 Å². The Hall–Kier alpha value is -2.68. The van der Waals surface area contributed by atoms with E-state index in [2.05, 4.69) is 4.98 Å². The highest BCUT2D eigenvalue weighted by Crippen LogP contribution is 2.34. The van der Waals surface area contributed by atoms with Gasteiger partial charge in [-0.05, 0) is 23.8 Å². The fraction of sp³-hybridized carbons (Fsp3) is 0.312. The van der Waals surface area contributed by atoms with Gasteiger partial charge in [-0.1, -0.05) is 18.2 Å². The van der Waals surface area contributed by atoms with Crippen LogP contribution in [0.25, 0.3) is 11.3 Å². The number of hydrogen-bond acceptors (Lipinski definition) is 5. The van der Waals surface area contributed by atoms with Gasteiger partial charge in [0.2, 0.25) is 6.54 Å². The lowest BCUT2D eigenvalue weighted by atomic mass is 10.0. The summed E-state index contributed by atoms with van der Waals surface area (Å²) in [5.74, 6) is 0.126. The van der Waals surface area contributed by atoms with Crippen LogP contribution in [0.15, 0.2) is 36.4 Å². The Balaban J connectivity index is 2.50. The van der Waals surface area contributed by atoms with Crippen LogP contribution in [0.4, 0.5) is 19.0 Å². The van der Waals surface area contributed by atoms with Crippen molar-refractivity contribution in [1.29, 1.82) is 0 Å². The highest BCUT2D eigenvalue weighted by atomic mass is 19.4. The lowest BCUT2D eigenvalue weighted by molar-refractivity contribution is -0.491. The predicted octanol–water partition coefficient (Wildman–Crippen LogP) is 3.14. The maximum Gasteiger partial charge on any atom is 0.416 e. The van der Waals surface area contributed by atoms with Gasteiger partial charge in [-0.25, -0.2) is 4.98 Å². The number of nitro groups is 1. The first kappa shape index (κ1) is 18.7. The van der Waals surface area contributed by atoms with Gasteiger partial charge in [0, 0.05) is 24.6 Å². The second-order valence-corrected chi connectivity index (χ2v) is 5.65. The minimum Gasteiger partial charge on any atom is -0.382 e. The van der Waals surface area contributed by atoms with Crippen LogP contribution in [-0.4, -0.2) is 35.7 Å². The normalized spacial score (nSPS) is 12.7. The molecule has 1 aromatic carbocycles. The number of rotatable bonds is 5. The van der Waals surface area contributed by atoms with Gasteiger partial charge in [0.05, 0.1) is 11.3 Å². The lowest BCUT2D eigenvalue weighted by Gasteiger charge is -2.17. The summed E-state index contributed by atoms with van der Waals surface area (Å²) in [4.78, 5) is 15.5. The molecule has 0 aliphatic rings. The Bertz CT molecular complexity index is 779. The van der Waals surface area contributed by atoms with E-state index < -0.39 is 29.3 Å². The van der Waals surface area contributed by atoms with E-state index in [0.29, 0.717) is 5.56 Å². The third-order valence-corrected chi connectivity index (χ3v) is 3.49. The van der Waals surface area contributed by atoms with Gasteiger partial charge >= 0.3 is 6.18 Å². The molecule has 1 aromatic heterocycles. The number of alkyl halides is 3. The number of aliphatic hydroxyl groups excluding tert-OH is 1. The van der Waals surface area contributed by atoms with Crippen LogP contribution in [0.1, 0.15) is 17.2 Å². The monoisotopic (exact) mass is 355 g/mol. The Morgan fingerprint density at radius 3 is 2.52 bits per heavy atom. The van der Waals surface area contributed by atoms with Crippen LogP contribution in [-0.2, 0) is 6.18 Å². The molecule has 0 saturated heterocycles. The Morgan fingerprint density at radius 1 is 1.28 bits per heavy atom. The van der Waals surface area contributed by atoms with Gasteiger partial charge in [0.15, 0.2) is 0 Å². The summed E-state index contributed by atoms with van der Waals surface area (Å²) in [7, 11) is 3.15. The van der Waals surface area contributed by atoms with Crippen LogP contribution in [0.5, 0.6) is 0 Å². The van der Waals surface area contributed by atoms with Gasteiger partial charge < -0.3 is 10.0 Å². The molecule has 2 aromatic rings. The molecule has 1 N–H and O–H groups in total. The van der Waals surface area contributed by atoms with E-state index in [-0.39, 0.29) is 17.1 Å². The van der Waals surface area contributed by atoms with Gasteiger partial charge in [-0.15, -0.1) is 0 Å². The van der Waals surface area contributed by atoms with Crippen molar-refractivity contribution in [2.45, 2.75) is 12.3 Å². The van der Waals surface area contributed by atoms with Crippen LogP contribution in [0.3, 0.4) is 0 Å². The zero-order chi connectivity index (χ0) is 18.8. The quantitative estimate of drug-likeness (QED) is 0.658. The molecular weight excluding hydrogens is 339 g/mol. The average Bonchev–Trinajstić information content (AvgIpc) is 2.53. The van der Waals surface area contributed by atoms with Crippen LogP contribution >= 0.6 is 0 Å². The lowest BCUT2D eigenvalue weighted by Crippen LogP contribution is -2.14. The van der Waals surface area contributed by atoms with E-state index >= 15 is 0 Å². The molecule has 0 amide bonds. The fourth-order valence-corrected chi connectivity index (χ4v) is 2.21. The van der Waals surface area contributed by atoms with E-state index in [1.165, 1.54) is 29.2 Å². The van der Waals surface area contributed by atoms with E-state index in [1.807, 2.05) is 0 Å². The minimum absolute atomic E-state index is 0.0636. The molecule has 0 saturated carbocycles. The number of pyridine rings is 1. The standard InChI is InChI=1S/C16H16F3N3O3/c1-21(2)15-8-12(16(17,18)19)7-13(20-15)10-4-3-5-11(6-10)14(23)9-22(24)25/h3-8,14,23H,9H2,1-2H3/t14-/m0/s1. The highest BCUT2D eigenvalue weighted by Gasteiger charge is 2.32. The second kappa shape index (κ2) is 7.06. The van der Waals surface area contributed by atoms with Crippen molar-refractivity contribution >= 4 is 5.82 Å². The van der Waals surface area contributed by atoms with Crippen molar-refractivity contribution in [3.8, 4) is 11.3 Å². The topological polar surface area (TPSA) is 79.5 Å². The van der Waals surface area contributed by atoms with Crippen molar-refractivity contribution < 1.29 is 23.2 Å². The van der Waals surface area contributed by atoms with Crippen molar-refractivity contribution in [1.82, 2.24) is 4.98 Å². The van der Waals surface area contributed by atoms with Crippen molar-refractivity contribution in [2.24, 2.45) is 0 Å². The Labute approximate surface area is 141 Å². The summed E-state index contributed by atoms with van der Waals surface area (Å²) < 4.78 is 39.4. The first-order valence-electron chi connectivity index (χ1n) is 7.24. The molecule has 0 bridgehead atoms. The molecular formula is C16H16F3N3O3. The number of halogens is 3. The number of nitrogens with zero attached hydrogens (tertiary/aromatic N) is 3. The molecule has 0 radical (unpaired) electrons. The average molecular weight is 355 g/mol. The molecule has 6 nitrogen and oxygen atoms in total. The zero-order valence-corrected chi connectivity index (χ0v) is 13.5. The molecule has 0 unspecified atom stereocenters. The maximum atomic E-state index is 13.1. The largest absolute Gasteiger partial charge is 0.416 e. The highest BCUT2D eigenvalue weighted by molar-refractivity contribution is 5.64. The SMILES string of the molecule is CN(C)c1cc(C(F)(F)F)cc(-c2cccc([C@@H](O)C[N+](=O)[O-])c2)n1.